The van der Waals surface area contributed by atoms with Crippen molar-refractivity contribution in [2.45, 2.75) is 31.3 Å². The molecule has 0 aliphatic heterocycles. The Kier molecular flexibility index (Phi) is 4.00. The van der Waals surface area contributed by atoms with Gasteiger partial charge in [0, 0.05) is 16.6 Å². The van der Waals surface area contributed by atoms with Gasteiger partial charge in [-0.1, -0.05) is 58.4 Å². The quantitative estimate of drug-likeness (QED) is 0.857. The summed E-state index contributed by atoms with van der Waals surface area (Å²) in [5.41, 5.74) is 2.76. The maximum atomic E-state index is 3.76. The van der Waals surface area contributed by atoms with Crippen molar-refractivity contribution < 1.29 is 0 Å². The Morgan fingerprint density at radius 3 is 2.53 bits per heavy atom. The van der Waals surface area contributed by atoms with Crippen LogP contribution >= 0.6 is 15.9 Å². The third kappa shape index (κ3) is 3.68. The molecule has 0 spiro atoms. The molecular formula is C17H18BrN. The molecule has 0 aromatic heterocycles. The van der Waals surface area contributed by atoms with Crippen molar-refractivity contribution in [1.82, 2.24) is 5.32 Å². The highest BCUT2D eigenvalue weighted by Gasteiger charge is 2.25. The topological polar surface area (TPSA) is 12.0 Å². The van der Waals surface area contributed by atoms with Gasteiger partial charge in [0.15, 0.2) is 0 Å². The normalized spacial score (nSPS) is 16.3. The number of hydrogen-bond donors (Lipinski definition) is 1. The van der Waals surface area contributed by atoms with E-state index in [0.717, 1.165) is 16.9 Å². The smallest absolute Gasteiger partial charge is 0.0363 e. The Bertz CT molecular complexity index is 534. The number of benzene rings is 2. The molecule has 1 aliphatic rings. The number of halogens is 1. The minimum atomic E-state index is 0.419. The number of rotatable bonds is 5. The average molecular weight is 316 g/mol. The molecule has 98 valence electrons. The third-order valence-corrected chi connectivity index (χ3v) is 4.04. The Balaban J connectivity index is 1.79. The summed E-state index contributed by atoms with van der Waals surface area (Å²) in [6.07, 6.45) is 3.68. The fourth-order valence-electron chi connectivity index (χ4n) is 2.39. The van der Waals surface area contributed by atoms with E-state index in [-0.39, 0.29) is 0 Å². The molecule has 19 heavy (non-hydrogen) atoms. The molecule has 1 fully saturated rings. The van der Waals surface area contributed by atoms with Crippen LogP contribution in [-0.2, 0) is 6.42 Å². The standard InChI is InChI=1S/C17H18BrN/c18-15-8-4-5-13(11-15)12-17(19-16-9-10-16)14-6-2-1-3-7-14/h1-8,11,16-17,19H,9-10,12H2. The Morgan fingerprint density at radius 1 is 1.05 bits per heavy atom. The molecule has 1 aliphatic carbocycles. The summed E-state index contributed by atoms with van der Waals surface area (Å²) in [6, 6.07) is 20.5. The van der Waals surface area contributed by atoms with E-state index in [0.29, 0.717) is 6.04 Å². The van der Waals surface area contributed by atoms with E-state index in [2.05, 4.69) is 75.8 Å². The maximum Gasteiger partial charge on any atom is 0.0363 e. The lowest BCUT2D eigenvalue weighted by atomic mass is 9.99. The highest BCUT2D eigenvalue weighted by Crippen LogP contribution is 2.27. The predicted molar refractivity (Wildman–Crippen MR) is 83.2 cm³/mol. The zero-order chi connectivity index (χ0) is 13.1. The molecule has 1 nitrogen and oxygen atoms in total. The van der Waals surface area contributed by atoms with Crippen LogP contribution in [0.1, 0.15) is 30.0 Å². The van der Waals surface area contributed by atoms with Crippen molar-refractivity contribution in [3.8, 4) is 0 Å². The van der Waals surface area contributed by atoms with E-state index in [4.69, 9.17) is 0 Å². The highest BCUT2D eigenvalue weighted by atomic mass is 79.9. The average Bonchev–Trinajstić information content (AvgIpc) is 3.23. The second-order valence-electron chi connectivity index (χ2n) is 5.24. The van der Waals surface area contributed by atoms with E-state index in [1.807, 2.05) is 0 Å². The lowest BCUT2D eigenvalue weighted by molar-refractivity contribution is 0.527. The van der Waals surface area contributed by atoms with Crippen LogP contribution in [0, 0.1) is 0 Å². The Hall–Kier alpha value is -1.12. The summed E-state index contributed by atoms with van der Waals surface area (Å²) in [6.45, 7) is 0. The van der Waals surface area contributed by atoms with Crippen LogP contribution in [0.3, 0.4) is 0 Å². The van der Waals surface area contributed by atoms with E-state index in [1.165, 1.54) is 24.0 Å². The van der Waals surface area contributed by atoms with Gasteiger partial charge in [-0.2, -0.15) is 0 Å². The van der Waals surface area contributed by atoms with Crippen molar-refractivity contribution in [1.29, 1.82) is 0 Å². The van der Waals surface area contributed by atoms with Gasteiger partial charge in [-0.3, -0.25) is 0 Å². The summed E-state index contributed by atoms with van der Waals surface area (Å²) in [5, 5.41) is 3.76. The lowest BCUT2D eigenvalue weighted by Crippen LogP contribution is -2.25. The molecule has 1 unspecified atom stereocenters. The molecule has 2 aromatic rings. The first-order valence-corrected chi connectivity index (χ1v) is 7.66. The molecule has 2 heteroatoms. The molecule has 0 radical (unpaired) electrons. The van der Waals surface area contributed by atoms with Gasteiger partial charge in [-0.25, -0.2) is 0 Å². The summed E-state index contributed by atoms with van der Waals surface area (Å²) < 4.78 is 1.16. The van der Waals surface area contributed by atoms with E-state index in [1.54, 1.807) is 0 Å². The van der Waals surface area contributed by atoms with Crippen molar-refractivity contribution in [2.75, 3.05) is 0 Å². The van der Waals surface area contributed by atoms with Crippen LogP contribution in [-0.4, -0.2) is 6.04 Å². The van der Waals surface area contributed by atoms with Gasteiger partial charge in [0.2, 0.25) is 0 Å². The van der Waals surface area contributed by atoms with Gasteiger partial charge in [0.05, 0.1) is 0 Å². The first kappa shape index (κ1) is 12.9. The molecule has 1 atom stereocenters. The molecule has 3 rings (SSSR count). The first-order chi connectivity index (χ1) is 9.31. The van der Waals surface area contributed by atoms with Crippen molar-refractivity contribution in [3.05, 3.63) is 70.2 Å². The predicted octanol–water partition coefficient (Wildman–Crippen LogP) is 4.48. The minimum Gasteiger partial charge on any atom is -0.307 e. The summed E-state index contributed by atoms with van der Waals surface area (Å²) in [7, 11) is 0. The second kappa shape index (κ2) is 5.89. The van der Waals surface area contributed by atoms with Crippen molar-refractivity contribution in [3.63, 3.8) is 0 Å². The summed E-state index contributed by atoms with van der Waals surface area (Å²) >= 11 is 3.55. The number of hydrogen-bond acceptors (Lipinski definition) is 1. The number of nitrogens with one attached hydrogen (secondary N) is 1. The van der Waals surface area contributed by atoms with Gasteiger partial charge in [-0.15, -0.1) is 0 Å². The third-order valence-electron chi connectivity index (χ3n) is 3.55. The highest BCUT2D eigenvalue weighted by molar-refractivity contribution is 9.10. The molecular weight excluding hydrogens is 298 g/mol. The zero-order valence-electron chi connectivity index (χ0n) is 10.9. The van der Waals surface area contributed by atoms with Crippen molar-refractivity contribution >= 4 is 15.9 Å². The van der Waals surface area contributed by atoms with Crippen LogP contribution in [0.2, 0.25) is 0 Å². The Morgan fingerprint density at radius 2 is 1.84 bits per heavy atom. The fraction of sp³-hybridized carbons (Fsp3) is 0.294. The molecule has 0 heterocycles. The van der Waals surface area contributed by atoms with Gasteiger partial charge in [0.1, 0.15) is 0 Å². The summed E-state index contributed by atoms with van der Waals surface area (Å²) in [4.78, 5) is 0. The SMILES string of the molecule is Brc1cccc(CC(NC2CC2)c2ccccc2)c1. The second-order valence-corrected chi connectivity index (χ2v) is 6.15. The molecule has 0 bridgehead atoms. The molecule has 1 saturated carbocycles. The van der Waals surface area contributed by atoms with Crippen LogP contribution in [0.5, 0.6) is 0 Å². The van der Waals surface area contributed by atoms with E-state index in [9.17, 15) is 0 Å². The Labute approximate surface area is 123 Å². The zero-order valence-corrected chi connectivity index (χ0v) is 12.4. The maximum absolute atomic E-state index is 3.76. The lowest BCUT2D eigenvalue weighted by Gasteiger charge is -2.19. The monoisotopic (exact) mass is 315 g/mol. The minimum absolute atomic E-state index is 0.419. The fourth-order valence-corrected chi connectivity index (χ4v) is 2.84. The van der Waals surface area contributed by atoms with Gasteiger partial charge in [0.25, 0.3) is 0 Å². The molecule has 0 amide bonds. The molecule has 2 aromatic carbocycles. The molecule has 1 N–H and O–H groups in total. The largest absolute Gasteiger partial charge is 0.307 e. The van der Waals surface area contributed by atoms with Crippen LogP contribution in [0.25, 0.3) is 0 Å². The van der Waals surface area contributed by atoms with E-state index < -0.39 is 0 Å². The van der Waals surface area contributed by atoms with Gasteiger partial charge >= 0.3 is 0 Å². The first-order valence-electron chi connectivity index (χ1n) is 6.87. The summed E-state index contributed by atoms with van der Waals surface area (Å²) in [5.74, 6) is 0. The van der Waals surface area contributed by atoms with Crippen LogP contribution in [0.15, 0.2) is 59.1 Å². The van der Waals surface area contributed by atoms with Crippen LogP contribution < -0.4 is 5.32 Å². The van der Waals surface area contributed by atoms with E-state index >= 15 is 0 Å². The molecule has 0 saturated heterocycles. The van der Waals surface area contributed by atoms with Crippen molar-refractivity contribution in [2.24, 2.45) is 0 Å². The van der Waals surface area contributed by atoms with Crippen LogP contribution in [0.4, 0.5) is 0 Å². The van der Waals surface area contributed by atoms with Gasteiger partial charge < -0.3 is 5.32 Å². The van der Waals surface area contributed by atoms with Gasteiger partial charge in [-0.05, 0) is 42.5 Å².